The predicted molar refractivity (Wildman–Crippen MR) is 84.0 cm³/mol. The first-order chi connectivity index (χ1) is 10.4. The summed E-state index contributed by atoms with van der Waals surface area (Å²) in [5.41, 5.74) is 4.14. The summed E-state index contributed by atoms with van der Waals surface area (Å²) in [5, 5.41) is 0.724. The Labute approximate surface area is 122 Å². The number of hydrogen-bond donors (Lipinski definition) is 0. The van der Waals surface area contributed by atoms with Crippen LogP contribution in [0.25, 0.3) is 16.7 Å². The molecule has 3 heteroatoms. The molecule has 0 aliphatic heterocycles. The lowest BCUT2D eigenvalue weighted by Crippen LogP contribution is -2.23. The fourth-order valence-corrected chi connectivity index (χ4v) is 3.28. The molecule has 1 aromatic carbocycles. The minimum Gasteiger partial charge on any atom is -0.298 e. The predicted octanol–water partition coefficient (Wildman–Crippen LogP) is 3.26. The fraction of sp³-hybridized carbons (Fsp3) is 0.222. The Morgan fingerprint density at radius 2 is 1.76 bits per heavy atom. The van der Waals surface area contributed by atoms with E-state index in [4.69, 9.17) is 0 Å². The highest BCUT2D eigenvalue weighted by Gasteiger charge is 2.20. The van der Waals surface area contributed by atoms with Crippen molar-refractivity contribution in [1.82, 2.24) is 9.55 Å². The first kappa shape index (κ1) is 12.3. The van der Waals surface area contributed by atoms with Crippen LogP contribution >= 0.6 is 0 Å². The van der Waals surface area contributed by atoms with Crippen LogP contribution in [0.5, 0.6) is 0 Å². The van der Waals surface area contributed by atoms with Crippen LogP contribution in [-0.4, -0.2) is 9.55 Å². The highest BCUT2D eigenvalue weighted by atomic mass is 16.1. The molecule has 0 radical (unpaired) electrons. The average Bonchev–Trinajstić information content (AvgIpc) is 2.56. The quantitative estimate of drug-likeness (QED) is 0.683. The maximum atomic E-state index is 12.7. The molecule has 1 aliphatic carbocycles. The van der Waals surface area contributed by atoms with Gasteiger partial charge in [0.15, 0.2) is 5.43 Å². The molecule has 0 amide bonds. The van der Waals surface area contributed by atoms with Crippen LogP contribution in [0.3, 0.4) is 0 Å². The van der Waals surface area contributed by atoms with Crippen molar-refractivity contribution in [3.63, 3.8) is 0 Å². The Bertz CT molecular complexity index is 866. The molecule has 2 aromatic heterocycles. The second kappa shape index (κ2) is 4.85. The fourth-order valence-electron chi connectivity index (χ4n) is 3.28. The number of pyridine rings is 2. The van der Waals surface area contributed by atoms with Crippen LogP contribution in [0.1, 0.15) is 24.1 Å². The van der Waals surface area contributed by atoms with Gasteiger partial charge in [-0.2, -0.15) is 0 Å². The standard InChI is InChI=1S/C18H16N2O/c21-17-14-9-4-5-11-16(14)20(13-7-2-1-3-8-13)18-15(17)10-6-12-19-18/h1-3,6-8,10,12H,4-5,9,11H2. The molecular weight excluding hydrogens is 260 g/mol. The third-order valence-electron chi connectivity index (χ3n) is 4.24. The Hall–Kier alpha value is -2.42. The second-order valence-electron chi connectivity index (χ2n) is 5.51. The number of nitrogens with zero attached hydrogens (tertiary/aromatic N) is 2. The third-order valence-corrected chi connectivity index (χ3v) is 4.24. The molecule has 0 unspecified atom stereocenters. The highest BCUT2D eigenvalue weighted by Crippen LogP contribution is 2.25. The zero-order chi connectivity index (χ0) is 14.2. The summed E-state index contributed by atoms with van der Waals surface area (Å²) in [5.74, 6) is 0. The molecule has 0 saturated carbocycles. The van der Waals surface area contributed by atoms with Crippen molar-refractivity contribution in [3.05, 3.63) is 70.1 Å². The molecule has 3 aromatic rings. The largest absolute Gasteiger partial charge is 0.298 e. The van der Waals surface area contributed by atoms with Gasteiger partial charge in [0.25, 0.3) is 0 Å². The number of aromatic nitrogens is 2. The van der Waals surface area contributed by atoms with Crippen molar-refractivity contribution in [2.24, 2.45) is 0 Å². The van der Waals surface area contributed by atoms with Crippen molar-refractivity contribution < 1.29 is 0 Å². The van der Waals surface area contributed by atoms with Crippen molar-refractivity contribution in [2.75, 3.05) is 0 Å². The summed E-state index contributed by atoms with van der Waals surface area (Å²) in [6, 6.07) is 13.9. The highest BCUT2D eigenvalue weighted by molar-refractivity contribution is 5.78. The lowest BCUT2D eigenvalue weighted by atomic mass is 9.94. The number of rotatable bonds is 1. The van der Waals surface area contributed by atoms with E-state index in [0.29, 0.717) is 0 Å². The van der Waals surface area contributed by atoms with Gasteiger partial charge < -0.3 is 0 Å². The maximum Gasteiger partial charge on any atom is 0.194 e. The first-order valence-corrected chi connectivity index (χ1v) is 7.43. The SMILES string of the molecule is O=c1c2c(n(-c3ccccc3)c3ncccc13)CCCC2. The Balaban J connectivity index is 2.18. The average molecular weight is 276 g/mol. The van der Waals surface area contributed by atoms with Gasteiger partial charge in [-0.15, -0.1) is 0 Å². The minimum absolute atomic E-state index is 0.167. The molecule has 0 N–H and O–H groups in total. The van der Waals surface area contributed by atoms with Gasteiger partial charge in [0.2, 0.25) is 0 Å². The zero-order valence-corrected chi connectivity index (χ0v) is 11.7. The molecule has 0 saturated heterocycles. The topological polar surface area (TPSA) is 34.9 Å². The van der Waals surface area contributed by atoms with Crippen molar-refractivity contribution in [2.45, 2.75) is 25.7 Å². The van der Waals surface area contributed by atoms with E-state index in [1.165, 1.54) is 0 Å². The molecule has 0 spiro atoms. The summed E-state index contributed by atoms with van der Waals surface area (Å²) >= 11 is 0. The molecule has 0 bridgehead atoms. The van der Waals surface area contributed by atoms with Gasteiger partial charge in [0.05, 0.1) is 5.39 Å². The summed E-state index contributed by atoms with van der Waals surface area (Å²) in [6.07, 6.45) is 5.83. The van der Waals surface area contributed by atoms with E-state index >= 15 is 0 Å². The molecule has 3 nitrogen and oxygen atoms in total. The molecule has 1 aliphatic rings. The van der Waals surface area contributed by atoms with Crippen LogP contribution in [0.4, 0.5) is 0 Å². The number of benzene rings is 1. The van der Waals surface area contributed by atoms with Gasteiger partial charge >= 0.3 is 0 Å². The normalized spacial score (nSPS) is 14.1. The number of para-hydroxylation sites is 1. The smallest absolute Gasteiger partial charge is 0.194 e. The Morgan fingerprint density at radius 3 is 2.62 bits per heavy atom. The van der Waals surface area contributed by atoms with E-state index in [2.05, 4.69) is 21.7 Å². The van der Waals surface area contributed by atoms with Gasteiger partial charge in [-0.05, 0) is 49.9 Å². The van der Waals surface area contributed by atoms with Crippen LogP contribution in [0, 0.1) is 0 Å². The van der Waals surface area contributed by atoms with Crippen LogP contribution in [0.2, 0.25) is 0 Å². The lowest BCUT2D eigenvalue weighted by molar-refractivity contribution is 0.651. The van der Waals surface area contributed by atoms with E-state index < -0.39 is 0 Å². The van der Waals surface area contributed by atoms with Gasteiger partial charge in [-0.25, -0.2) is 4.98 Å². The van der Waals surface area contributed by atoms with E-state index in [1.54, 1.807) is 6.20 Å². The summed E-state index contributed by atoms with van der Waals surface area (Å²) in [4.78, 5) is 17.2. The molecule has 2 heterocycles. The summed E-state index contributed by atoms with van der Waals surface area (Å²) < 4.78 is 2.17. The molecule has 4 rings (SSSR count). The van der Waals surface area contributed by atoms with Crippen molar-refractivity contribution in [3.8, 4) is 5.69 Å². The van der Waals surface area contributed by atoms with Crippen LogP contribution in [-0.2, 0) is 12.8 Å². The maximum absolute atomic E-state index is 12.7. The zero-order valence-electron chi connectivity index (χ0n) is 11.7. The molecule has 21 heavy (non-hydrogen) atoms. The van der Waals surface area contributed by atoms with Gasteiger partial charge in [0.1, 0.15) is 5.65 Å². The van der Waals surface area contributed by atoms with E-state index in [0.717, 1.165) is 53.7 Å². The second-order valence-corrected chi connectivity index (χ2v) is 5.51. The Morgan fingerprint density at radius 1 is 0.952 bits per heavy atom. The molecular formula is C18H16N2O. The van der Waals surface area contributed by atoms with Crippen LogP contribution < -0.4 is 5.43 Å². The number of fused-ring (bicyclic) bond motifs is 2. The van der Waals surface area contributed by atoms with E-state index in [9.17, 15) is 4.79 Å². The van der Waals surface area contributed by atoms with E-state index in [-0.39, 0.29) is 5.43 Å². The minimum atomic E-state index is 0.167. The third kappa shape index (κ3) is 1.88. The van der Waals surface area contributed by atoms with Gasteiger partial charge in [-0.1, -0.05) is 18.2 Å². The van der Waals surface area contributed by atoms with Crippen LogP contribution in [0.15, 0.2) is 53.5 Å². The monoisotopic (exact) mass is 276 g/mol. The Kier molecular flexibility index (Phi) is 2.85. The summed E-state index contributed by atoms with van der Waals surface area (Å²) in [6.45, 7) is 0. The van der Waals surface area contributed by atoms with Crippen molar-refractivity contribution in [1.29, 1.82) is 0 Å². The first-order valence-electron chi connectivity index (χ1n) is 7.43. The molecule has 0 fully saturated rings. The van der Waals surface area contributed by atoms with E-state index in [1.807, 2.05) is 30.3 Å². The lowest BCUT2D eigenvalue weighted by Gasteiger charge is -2.22. The van der Waals surface area contributed by atoms with Gasteiger partial charge in [0, 0.05) is 23.1 Å². The summed E-state index contributed by atoms with van der Waals surface area (Å²) in [7, 11) is 0. The van der Waals surface area contributed by atoms with Gasteiger partial charge in [-0.3, -0.25) is 9.36 Å². The molecule has 0 atom stereocenters. The number of hydrogen-bond acceptors (Lipinski definition) is 2. The van der Waals surface area contributed by atoms with Crippen molar-refractivity contribution >= 4 is 11.0 Å². The molecule has 104 valence electrons.